The summed E-state index contributed by atoms with van der Waals surface area (Å²) in [5.74, 6) is 1.15. The number of ether oxygens (including phenoxy) is 2. The van der Waals surface area contributed by atoms with Gasteiger partial charge in [0.15, 0.2) is 23.1 Å². The number of hydrogen-bond acceptors (Lipinski definition) is 5. The van der Waals surface area contributed by atoms with Gasteiger partial charge in [0.05, 0.1) is 31.5 Å². The van der Waals surface area contributed by atoms with Crippen molar-refractivity contribution < 1.29 is 19.2 Å². The molecule has 1 unspecified atom stereocenters. The first-order chi connectivity index (χ1) is 13.0. The molecule has 1 heterocycles. The summed E-state index contributed by atoms with van der Waals surface area (Å²) in [5.41, 5.74) is 1.69. The number of quaternary nitrogens is 1. The Balaban J connectivity index is 1.64. The van der Waals surface area contributed by atoms with Gasteiger partial charge in [-0.25, -0.2) is 4.98 Å². The van der Waals surface area contributed by atoms with Crippen molar-refractivity contribution in [2.75, 3.05) is 33.1 Å². The molecule has 0 saturated carbocycles. The molecule has 0 radical (unpaired) electrons. The second kappa shape index (κ2) is 8.37. The Morgan fingerprint density at radius 2 is 1.93 bits per heavy atom. The molecule has 3 rings (SSSR count). The third-order valence-corrected chi connectivity index (χ3v) is 5.75. The average molecular weight is 386 g/mol. The zero-order chi connectivity index (χ0) is 19.4. The largest absolute Gasteiger partial charge is 0.493 e. The Kier molecular flexibility index (Phi) is 5.93. The summed E-state index contributed by atoms with van der Waals surface area (Å²) in [6.45, 7) is 2.43. The van der Waals surface area contributed by atoms with Crippen LogP contribution in [0.5, 0.6) is 11.5 Å². The van der Waals surface area contributed by atoms with Gasteiger partial charge in [-0.2, -0.15) is 0 Å². The quantitative estimate of drug-likeness (QED) is 0.655. The van der Waals surface area contributed by atoms with Crippen molar-refractivity contribution in [3.63, 3.8) is 0 Å². The number of likely N-dealkylation sites (N-methyl/N-ethyl adjacent to an activating group) is 1. The van der Waals surface area contributed by atoms with Crippen molar-refractivity contribution in [1.82, 2.24) is 4.98 Å². The number of methoxy groups -OCH3 is 2. The maximum atomic E-state index is 12.5. The molecule has 2 N–H and O–H groups in total. The summed E-state index contributed by atoms with van der Waals surface area (Å²) < 4.78 is 11.7. The van der Waals surface area contributed by atoms with Gasteiger partial charge in [0.2, 0.25) is 0 Å². The molecule has 1 aromatic heterocycles. The maximum Gasteiger partial charge on any atom is 0.279 e. The van der Waals surface area contributed by atoms with Gasteiger partial charge in [0.25, 0.3) is 5.91 Å². The number of anilines is 1. The van der Waals surface area contributed by atoms with E-state index in [0.717, 1.165) is 15.4 Å². The van der Waals surface area contributed by atoms with Gasteiger partial charge >= 0.3 is 0 Å². The van der Waals surface area contributed by atoms with Gasteiger partial charge in [-0.15, -0.1) is 11.3 Å². The lowest BCUT2D eigenvalue weighted by atomic mass is 10.2. The van der Waals surface area contributed by atoms with Crippen molar-refractivity contribution in [2.45, 2.75) is 13.0 Å². The third kappa shape index (κ3) is 4.37. The third-order valence-electron chi connectivity index (χ3n) is 4.53. The molecule has 142 valence electrons. The monoisotopic (exact) mass is 386 g/mol. The normalized spacial score (nSPS) is 13.2. The van der Waals surface area contributed by atoms with Crippen LogP contribution in [0.4, 0.5) is 5.69 Å². The molecule has 2 atom stereocenters. The molecule has 7 heteroatoms. The van der Waals surface area contributed by atoms with Crippen molar-refractivity contribution in [3.8, 4) is 11.5 Å². The minimum Gasteiger partial charge on any atom is -0.493 e. The van der Waals surface area contributed by atoms with Gasteiger partial charge in [0, 0.05) is 11.8 Å². The fourth-order valence-electron chi connectivity index (χ4n) is 2.81. The molecule has 27 heavy (non-hydrogen) atoms. The van der Waals surface area contributed by atoms with Crippen LogP contribution >= 0.6 is 11.3 Å². The summed E-state index contributed by atoms with van der Waals surface area (Å²) in [5, 5.41) is 3.95. The van der Waals surface area contributed by atoms with Gasteiger partial charge < -0.3 is 19.7 Å². The fourth-order valence-corrected chi connectivity index (χ4v) is 3.92. The molecular weight excluding hydrogens is 362 g/mol. The number of thiazole rings is 1. The number of carbonyl (C=O) groups is 1. The van der Waals surface area contributed by atoms with E-state index in [9.17, 15) is 4.79 Å². The molecule has 1 amide bonds. The molecule has 0 bridgehead atoms. The van der Waals surface area contributed by atoms with Crippen molar-refractivity contribution >= 4 is 33.1 Å². The molecule has 0 fully saturated rings. The van der Waals surface area contributed by atoms with Gasteiger partial charge in [0.1, 0.15) is 6.04 Å². The van der Waals surface area contributed by atoms with Crippen LogP contribution < -0.4 is 19.7 Å². The van der Waals surface area contributed by atoms with E-state index in [1.54, 1.807) is 43.8 Å². The Morgan fingerprint density at radius 3 is 2.63 bits per heavy atom. The number of rotatable bonds is 7. The lowest BCUT2D eigenvalue weighted by Gasteiger charge is -2.19. The predicted octanol–water partition coefficient (Wildman–Crippen LogP) is 2.53. The summed E-state index contributed by atoms with van der Waals surface area (Å²) in [7, 11) is 5.16. The zero-order valence-electron chi connectivity index (χ0n) is 15.9. The number of para-hydroxylation sites is 1. The van der Waals surface area contributed by atoms with Crippen LogP contribution in [0.1, 0.15) is 18.0 Å². The van der Waals surface area contributed by atoms with Crippen LogP contribution in [-0.4, -0.2) is 38.7 Å². The first-order valence-electron chi connectivity index (χ1n) is 8.71. The molecule has 2 aromatic carbocycles. The highest BCUT2D eigenvalue weighted by Crippen LogP contribution is 2.29. The number of carbonyl (C=O) groups excluding carboxylic acids is 1. The average Bonchev–Trinajstić information content (AvgIpc) is 3.11. The summed E-state index contributed by atoms with van der Waals surface area (Å²) in [4.78, 5) is 18.2. The lowest BCUT2D eigenvalue weighted by Crippen LogP contribution is -3.10. The Morgan fingerprint density at radius 1 is 1.19 bits per heavy atom. The van der Waals surface area contributed by atoms with Crippen molar-refractivity contribution in [2.24, 2.45) is 0 Å². The summed E-state index contributed by atoms with van der Waals surface area (Å²) >= 11 is 1.68. The minimum atomic E-state index is -0.0623. The van der Waals surface area contributed by atoms with E-state index in [1.165, 1.54) is 4.70 Å². The number of benzene rings is 2. The van der Waals surface area contributed by atoms with Gasteiger partial charge in [-0.3, -0.25) is 4.79 Å². The number of nitrogens with one attached hydrogen (secondary N) is 2. The molecule has 0 aliphatic rings. The topological polar surface area (TPSA) is 64.9 Å². The number of hydrogen-bond donors (Lipinski definition) is 2. The Bertz CT molecular complexity index is 908. The standard InChI is InChI=1S/C20H23N3O3S/c1-13(20-22-15-7-5-6-8-18(15)27-20)23(2)12-19(24)21-14-9-10-16(25-3)17(11-14)26-4/h5-11,13H,12H2,1-4H3,(H,21,24)/p+1/t13-/m1/s1. The van der Waals surface area contributed by atoms with Crippen LogP contribution in [0.25, 0.3) is 10.2 Å². The molecule has 0 aliphatic heterocycles. The van der Waals surface area contributed by atoms with Crippen molar-refractivity contribution in [3.05, 3.63) is 47.5 Å². The first kappa shape index (κ1) is 19.1. The molecule has 0 spiro atoms. The molecular formula is C20H24N3O3S+. The van der Waals surface area contributed by atoms with E-state index in [1.807, 2.05) is 25.2 Å². The second-order valence-corrected chi connectivity index (χ2v) is 7.44. The fraction of sp³-hybridized carbons (Fsp3) is 0.300. The zero-order valence-corrected chi connectivity index (χ0v) is 16.7. The van der Waals surface area contributed by atoms with E-state index >= 15 is 0 Å². The van der Waals surface area contributed by atoms with Crippen LogP contribution in [0.15, 0.2) is 42.5 Å². The number of aromatic nitrogens is 1. The Labute approximate surface area is 162 Å². The number of nitrogens with zero attached hydrogens (tertiary/aromatic N) is 1. The van der Waals surface area contributed by atoms with Gasteiger partial charge in [-0.1, -0.05) is 12.1 Å². The van der Waals surface area contributed by atoms with Crippen molar-refractivity contribution in [1.29, 1.82) is 0 Å². The first-order valence-corrected chi connectivity index (χ1v) is 9.53. The second-order valence-electron chi connectivity index (χ2n) is 6.38. The molecule has 6 nitrogen and oxygen atoms in total. The SMILES string of the molecule is COc1ccc(NC(=O)C[NH+](C)[C@H](C)c2nc3ccccc3s2)cc1OC. The van der Waals surface area contributed by atoms with E-state index in [-0.39, 0.29) is 11.9 Å². The smallest absolute Gasteiger partial charge is 0.279 e. The molecule has 3 aromatic rings. The van der Waals surface area contributed by atoms with E-state index in [4.69, 9.17) is 14.5 Å². The van der Waals surface area contributed by atoms with Crippen LogP contribution in [0.2, 0.25) is 0 Å². The molecule has 0 saturated heterocycles. The summed E-state index contributed by atoms with van der Waals surface area (Å²) in [6, 6.07) is 13.5. The van der Waals surface area contributed by atoms with E-state index in [2.05, 4.69) is 18.3 Å². The molecule has 0 aliphatic carbocycles. The highest BCUT2D eigenvalue weighted by atomic mass is 32.1. The van der Waals surface area contributed by atoms with E-state index < -0.39 is 0 Å². The van der Waals surface area contributed by atoms with Crippen LogP contribution in [0.3, 0.4) is 0 Å². The maximum absolute atomic E-state index is 12.5. The van der Waals surface area contributed by atoms with E-state index in [0.29, 0.717) is 23.7 Å². The highest BCUT2D eigenvalue weighted by Gasteiger charge is 2.22. The van der Waals surface area contributed by atoms with Crippen LogP contribution in [0, 0.1) is 0 Å². The predicted molar refractivity (Wildman–Crippen MR) is 108 cm³/mol. The highest BCUT2D eigenvalue weighted by molar-refractivity contribution is 7.18. The lowest BCUT2D eigenvalue weighted by molar-refractivity contribution is -0.902. The number of amides is 1. The minimum absolute atomic E-state index is 0.0623. The van der Waals surface area contributed by atoms with Crippen LogP contribution in [-0.2, 0) is 4.79 Å². The Hall–Kier alpha value is -2.64. The summed E-state index contributed by atoms with van der Waals surface area (Å²) in [6.07, 6.45) is 0. The number of fused-ring (bicyclic) bond motifs is 1. The van der Waals surface area contributed by atoms with Gasteiger partial charge in [-0.05, 0) is 31.2 Å².